The summed E-state index contributed by atoms with van der Waals surface area (Å²) in [6, 6.07) is 12.6. The van der Waals surface area contributed by atoms with Gasteiger partial charge in [-0.05, 0) is 36.8 Å². The van der Waals surface area contributed by atoms with Crippen LogP contribution in [0.3, 0.4) is 0 Å². The maximum absolute atomic E-state index is 13.2. The molecule has 118 valence electrons. The molecule has 2 aromatic carbocycles. The minimum atomic E-state index is -0.318. The normalized spacial score (nSPS) is 12.0. The number of rotatable bonds is 7. The highest BCUT2D eigenvalue weighted by Crippen LogP contribution is 2.21. The van der Waals surface area contributed by atoms with Crippen LogP contribution >= 0.6 is 15.9 Å². The third-order valence-electron chi connectivity index (χ3n) is 3.25. The van der Waals surface area contributed by atoms with Gasteiger partial charge in [-0.25, -0.2) is 4.39 Å². The molecule has 5 heteroatoms. The molecule has 0 bridgehead atoms. The van der Waals surface area contributed by atoms with Gasteiger partial charge in [0.15, 0.2) is 0 Å². The Morgan fingerprint density at radius 2 is 2.00 bits per heavy atom. The molecule has 0 saturated carbocycles. The highest BCUT2D eigenvalue weighted by Gasteiger charge is 2.06. The minimum Gasteiger partial charge on any atom is -0.497 e. The zero-order valence-electron chi connectivity index (χ0n) is 12.6. The van der Waals surface area contributed by atoms with Crippen LogP contribution in [0.4, 0.5) is 4.39 Å². The lowest BCUT2D eigenvalue weighted by molar-refractivity contribution is 0.306. The molecule has 0 aliphatic carbocycles. The van der Waals surface area contributed by atoms with Gasteiger partial charge >= 0.3 is 0 Å². The summed E-state index contributed by atoms with van der Waals surface area (Å²) in [7, 11) is 1.65. The fraction of sp³-hybridized carbons (Fsp3) is 0.294. The molecule has 0 amide bonds. The van der Waals surface area contributed by atoms with Crippen molar-refractivity contribution in [2.75, 3.05) is 20.3 Å². The molecular formula is C17H19BrFNO2. The van der Waals surface area contributed by atoms with Crippen LogP contribution in [0.5, 0.6) is 11.5 Å². The second kappa shape index (κ2) is 8.15. The zero-order valence-corrected chi connectivity index (χ0v) is 14.2. The van der Waals surface area contributed by atoms with E-state index in [-0.39, 0.29) is 11.9 Å². The van der Waals surface area contributed by atoms with Gasteiger partial charge in [0, 0.05) is 23.1 Å². The smallest absolute Gasteiger partial charge is 0.128 e. The fourth-order valence-corrected chi connectivity index (χ4v) is 2.53. The summed E-state index contributed by atoms with van der Waals surface area (Å²) < 4.78 is 24.6. The molecule has 0 heterocycles. The van der Waals surface area contributed by atoms with Gasteiger partial charge in [0.05, 0.1) is 7.11 Å². The molecule has 0 aliphatic heterocycles. The maximum Gasteiger partial charge on any atom is 0.128 e. The Labute approximate surface area is 138 Å². The molecule has 1 N–H and O–H groups in total. The van der Waals surface area contributed by atoms with E-state index >= 15 is 0 Å². The monoisotopic (exact) mass is 367 g/mol. The number of hydrogen-bond acceptors (Lipinski definition) is 3. The van der Waals surface area contributed by atoms with Gasteiger partial charge in [-0.2, -0.15) is 0 Å². The van der Waals surface area contributed by atoms with E-state index < -0.39 is 0 Å². The Bertz CT molecular complexity index is 601. The van der Waals surface area contributed by atoms with Crippen LogP contribution < -0.4 is 14.8 Å². The van der Waals surface area contributed by atoms with Crippen LogP contribution in [-0.4, -0.2) is 20.3 Å². The highest BCUT2D eigenvalue weighted by atomic mass is 79.9. The summed E-state index contributed by atoms with van der Waals surface area (Å²) in [6.07, 6.45) is 0. The van der Waals surface area contributed by atoms with Gasteiger partial charge in [0.25, 0.3) is 0 Å². The zero-order chi connectivity index (χ0) is 15.9. The summed E-state index contributed by atoms with van der Waals surface area (Å²) in [5.41, 5.74) is 1.15. The Kier molecular flexibility index (Phi) is 6.21. The van der Waals surface area contributed by atoms with Crippen molar-refractivity contribution in [1.82, 2.24) is 5.32 Å². The fourth-order valence-electron chi connectivity index (χ4n) is 2.08. The Balaban J connectivity index is 1.80. The predicted molar refractivity (Wildman–Crippen MR) is 89.0 cm³/mol. The standard InChI is InChI=1S/C17H19BrFNO2/c1-12(13-4-3-5-16(8-13)21-2)20-6-7-22-17-10-14(18)9-15(19)11-17/h3-5,8-12,20H,6-7H2,1-2H3/t12-/m1/s1. The van der Waals surface area contributed by atoms with Gasteiger partial charge in [-0.3, -0.25) is 0 Å². The Hall–Kier alpha value is -1.59. The van der Waals surface area contributed by atoms with Crippen molar-refractivity contribution in [2.24, 2.45) is 0 Å². The van der Waals surface area contributed by atoms with Gasteiger partial charge in [0.1, 0.15) is 23.9 Å². The third kappa shape index (κ3) is 5.00. The lowest BCUT2D eigenvalue weighted by atomic mass is 10.1. The molecule has 0 aliphatic rings. The molecule has 2 rings (SSSR count). The highest BCUT2D eigenvalue weighted by molar-refractivity contribution is 9.10. The summed E-state index contributed by atoms with van der Waals surface area (Å²) >= 11 is 3.24. The van der Waals surface area contributed by atoms with Crippen LogP contribution in [0.2, 0.25) is 0 Å². The van der Waals surface area contributed by atoms with Crippen molar-refractivity contribution in [1.29, 1.82) is 0 Å². The molecule has 1 atom stereocenters. The molecule has 3 nitrogen and oxygen atoms in total. The second-order valence-corrected chi connectivity index (χ2v) is 5.82. The number of halogens is 2. The summed E-state index contributed by atoms with van der Waals surface area (Å²) in [6.45, 7) is 3.20. The van der Waals surface area contributed by atoms with Crippen molar-refractivity contribution in [2.45, 2.75) is 13.0 Å². The van der Waals surface area contributed by atoms with E-state index in [1.165, 1.54) is 12.1 Å². The van der Waals surface area contributed by atoms with Crippen LogP contribution in [0, 0.1) is 5.82 Å². The molecule has 0 unspecified atom stereocenters. The van der Waals surface area contributed by atoms with Gasteiger partial charge < -0.3 is 14.8 Å². The van der Waals surface area contributed by atoms with E-state index in [1.54, 1.807) is 13.2 Å². The van der Waals surface area contributed by atoms with Crippen LogP contribution in [0.25, 0.3) is 0 Å². The molecule has 22 heavy (non-hydrogen) atoms. The Morgan fingerprint density at radius 3 is 2.73 bits per heavy atom. The van der Waals surface area contributed by atoms with Crippen LogP contribution in [0.1, 0.15) is 18.5 Å². The third-order valence-corrected chi connectivity index (χ3v) is 3.71. The maximum atomic E-state index is 13.2. The first-order valence-corrected chi connectivity index (χ1v) is 7.84. The number of ether oxygens (including phenoxy) is 2. The first kappa shape index (κ1) is 16.8. The van der Waals surface area contributed by atoms with Crippen molar-refractivity contribution >= 4 is 15.9 Å². The van der Waals surface area contributed by atoms with E-state index in [9.17, 15) is 4.39 Å². The van der Waals surface area contributed by atoms with Crippen molar-refractivity contribution in [3.8, 4) is 11.5 Å². The molecule has 0 spiro atoms. The van der Waals surface area contributed by atoms with Crippen molar-refractivity contribution in [3.63, 3.8) is 0 Å². The van der Waals surface area contributed by atoms with Crippen molar-refractivity contribution < 1.29 is 13.9 Å². The number of nitrogens with one attached hydrogen (secondary N) is 1. The lowest BCUT2D eigenvalue weighted by Gasteiger charge is -2.15. The molecule has 0 radical (unpaired) electrons. The SMILES string of the molecule is COc1cccc([C@@H](C)NCCOc2cc(F)cc(Br)c2)c1. The summed E-state index contributed by atoms with van der Waals surface area (Å²) in [5.74, 6) is 1.04. The first-order valence-electron chi connectivity index (χ1n) is 7.04. The minimum absolute atomic E-state index is 0.179. The molecule has 2 aromatic rings. The van der Waals surface area contributed by atoms with E-state index in [2.05, 4.69) is 28.2 Å². The molecule has 0 aromatic heterocycles. The quantitative estimate of drug-likeness (QED) is 0.738. The van der Waals surface area contributed by atoms with E-state index in [0.29, 0.717) is 23.4 Å². The average Bonchev–Trinajstić information content (AvgIpc) is 2.50. The average molecular weight is 368 g/mol. The second-order valence-electron chi connectivity index (χ2n) is 4.91. The van der Waals surface area contributed by atoms with E-state index in [0.717, 1.165) is 11.3 Å². The van der Waals surface area contributed by atoms with Gasteiger partial charge in [-0.1, -0.05) is 28.1 Å². The number of hydrogen-bond donors (Lipinski definition) is 1. The van der Waals surface area contributed by atoms with E-state index in [1.807, 2.05) is 24.3 Å². The molecular weight excluding hydrogens is 349 g/mol. The molecule has 0 fully saturated rings. The van der Waals surface area contributed by atoms with Gasteiger partial charge in [0.2, 0.25) is 0 Å². The predicted octanol–water partition coefficient (Wildman–Crippen LogP) is 4.33. The van der Waals surface area contributed by atoms with E-state index in [4.69, 9.17) is 9.47 Å². The van der Waals surface area contributed by atoms with Crippen LogP contribution in [0.15, 0.2) is 46.9 Å². The largest absolute Gasteiger partial charge is 0.497 e. The summed E-state index contributed by atoms with van der Waals surface area (Å²) in [4.78, 5) is 0. The number of benzene rings is 2. The number of methoxy groups -OCH3 is 1. The molecule has 0 saturated heterocycles. The lowest BCUT2D eigenvalue weighted by Crippen LogP contribution is -2.24. The van der Waals surface area contributed by atoms with Crippen molar-refractivity contribution in [3.05, 3.63) is 58.3 Å². The first-order chi connectivity index (χ1) is 10.6. The Morgan fingerprint density at radius 1 is 1.18 bits per heavy atom. The topological polar surface area (TPSA) is 30.5 Å². The van der Waals surface area contributed by atoms with Crippen LogP contribution in [-0.2, 0) is 0 Å². The van der Waals surface area contributed by atoms with Gasteiger partial charge in [-0.15, -0.1) is 0 Å². The summed E-state index contributed by atoms with van der Waals surface area (Å²) in [5, 5.41) is 3.36.